The van der Waals surface area contributed by atoms with Crippen molar-refractivity contribution in [3.63, 3.8) is 0 Å². The van der Waals surface area contributed by atoms with E-state index in [0.717, 1.165) is 5.65 Å². The number of fused-ring (bicyclic) bond motifs is 1. The summed E-state index contributed by atoms with van der Waals surface area (Å²) in [5.74, 6) is -0.268. The Labute approximate surface area is 131 Å². The second-order valence-electron chi connectivity index (χ2n) is 4.55. The summed E-state index contributed by atoms with van der Waals surface area (Å²) in [6.07, 6.45) is 1.80. The zero-order chi connectivity index (χ0) is 15.0. The Balaban J connectivity index is 1.99. The van der Waals surface area contributed by atoms with Crippen molar-refractivity contribution in [3.05, 3.63) is 64.0 Å². The number of aryl methyl sites for hydroxylation is 1. The molecule has 0 spiro atoms. The van der Waals surface area contributed by atoms with E-state index in [0.29, 0.717) is 27.1 Å². The number of benzene rings is 1. The average molecular weight is 320 g/mol. The maximum atomic E-state index is 12.5. The lowest BCUT2D eigenvalue weighted by molar-refractivity contribution is 0.102. The third-order valence-electron chi connectivity index (χ3n) is 3.10. The van der Waals surface area contributed by atoms with Crippen LogP contribution in [0.5, 0.6) is 0 Å². The molecule has 0 saturated heterocycles. The van der Waals surface area contributed by atoms with Gasteiger partial charge in [0.1, 0.15) is 11.3 Å². The van der Waals surface area contributed by atoms with Crippen LogP contribution >= 0.6 is 23.2 Å². The Morgan fingerprint density at radius 2 is 2.05 bits per heavy atom. The van der Waals surface area contributed by atoms with Crippen molar-refractivity contribution in [2.24, 2.45) is 0 Å². The third-order valence-corrected chi connectivity index (χ3v) is 3.65. The van der Waals surface area contributed by atoms with Gasteiger partial charge in [-0.15, -0.1) is 0 Å². The molecule has 3 aromatic rings. The normalized spacial score (nSPS) is 10.8. The van der Waals surface area contributed by atoms with E-state index in [9.17, 15) is 4.79 Å². The molecule has 0 aliphatic carbocycles. The van der Waals surface area contributed by atoms with Crippen LogP contribution in [0.1, 0.15) is 16.2 Å². The molecule has 2 heterocycles. The number of anilines is 1. The summed E-state index contributed by atoms with van der Waals surface area (Å²) in [5.41, 5.74) is 2.37. The van der Waals surface area contributed by atoms with Gasteiger partial charge < -0.3 is 5.32 Å². The van der Waals surface area contributed by atoms with Crippen molar-refractivity contribution in [1.82, 2.24) is 9.38 Å². The van der Waals surface area contributed by atoms with Gasteiger partial charge in [0.15, 0.2) is 0 Å². The lowest BCUT2D eigenvalue weighted by atomic mass is 10.2. The highest BCUT2D eigenvalue weighted by Gasteiger charge is 2.17. The van der Waals surface area contributed by atoms with E-state index in [1.54, 1.807) is 35.7 Å². The van der Waals surface area contributed by atoms with E-state index in [4.69, 9.17) is 23.2 Å². The predicted octanol–water partition coefficient (Wildman–Crippen LogP) is 4.20. The minimum atomic E-state index is -0.268. The number of pyridine rings is 1. The van der Waals surface area contributed by atoms with Gasteiger partial charge in [-0.1, -0.05) is 29.3 Å². The topological polar surface area (TPSA) is 46.4 Å². The highest BCUT2D eigenvalue weighted by molar-refractivity contribution is 6.36. The van der Waals surface area contributed by atoms with Crippen LogP contribution in [0, 0.1) is 6.92 Å². The highest BCUT2D eigenvalue weighted by atomic mass is 35.5. The van der Waals surface area contributed by atoms with Crippen LogP contribution in [0.4, 0.5) is 5.69 Å². The minimum Gasteiger partial charge on any atom is -0.319 e. The quantitative estimate of drug-likeness (QED) is 0.769. The molecular formula is C15H11Cl2N3O. The SMILES string of the molecule is Cc1nc2ccccn2c1C(=O)Nc1ccc(Cl)cc1Cl. The first-order valence-electron chi connectivity index (χ1n) is 6.26. The first-order valence-corrected chi connectivity index (χ1v) is 7.02. The van der Waals surface area contributed by atoms with Crippen molar-refractivity contribution in [2.75, 3.05) is 5.32 Å². The molecule has 0 unspecified atom stereocenters. The van der Waals surface area contributed by atoms with Crippen LogP contribution in [-0.4, -0.2) is 15.3 Å². The zero-order valence-electron chi connectivity index (χ0n) is 11.1. The van der Waals surface area contributed by atoms with E-state index in [-0.39, 0.29) is 5.91 Å². The molecule has 1 amide bonds. The summed E-state index contributed by atoms with van der Waals surface area (Å²) < 4.78 is 1.74. The van der Waals surface area contributed by atoms with Crippen LogP contribution in [0.25, 0.3) is 5.65 Å². The van der Waals surface area contributed by atoms with E-state index in [1.165, 1.54) is 0 Å². The van der Waals surface area contributed by atoms with Crippen LogP contribution in [0.2, 0.25) is 10.0 Å². The van der Waals surface area contributed by atoms with Gasteiger partial charge in [-0.25, -0.2) is 4.98 Å². The molecule has 0 atom stereocenters. The molecule has 0 aliphatic rings. The van der Waals surface area contributed by atoms with E-state index in [1.807, 2.05) is 18.2 Å². The number of halogens is 2. The van der Waals surface area contributed by atoms with Gasteiger partial charge in [0.05, 0.1) is 16.4 Å². The molecule has 0 aliphatic heterocycles. The van der Waals surface area contributed by atoms with E-state index < -0.39 is 0 Å². The standard InChI is InChI=1S/C15H11Cl2N3O/c1-9-14(20-7-3-2-4-13(20)18-9)15(21)19-12-6-5-10(16)8-11(12)17/h2-8H,1H3,(H,19,21). The fraction of sp³-hybridized carbons (Fsp3) is 0.0667. The second-order valence-corrected chi connectivity index (χ2v) is 5.40. The van der Waals surface area contributed by atoms with E-state index in [2.05, 4.69) is 10.3 Å². The van der Waals surface area contributed by atoms with Gasteiger partial charge in [0.25, 0.3) is 5.91 Å². The average Bonchev–Trinajstić information content (AvgIpc) is 2.77. The number of carbonyl (C=O) groups is 1. The summed E-state index contributed by atoms with van der Waals surface area (Å²) in [5, 5.41) is 3.69. The van der Waals surface area contributed by atoms with Crippen LogP contribution < -0.4 is 5.32 Å². The number of nitrogens with zero attached hydrogens (tertiary/aromatic N) is 2. The number of rotatable bonds is 2. The van der Waals surface area contributed by atoms with Crippen molar-refractivity contribution < 1.29 is 4.79 Å². The zero-order valence-corrected chi connectivity index (χ0v) is 12.6. The Morgan fingerprint density at radius 1 is 1.24 bits per heavy atom. The number of aromatic nitrogens is 2. The lowest BCUT2D eigenvalue weighted by Crippen LogP contribution is -2.15. The number of hydrogen-bond acceptors (Lipinski definition) is 2. The Bertz CT molecular complexity index is 842. The van der Waals surface area contributed by atoms with Gasteiger partial charge in [0.2, 0.25) is 0 Å². The molecule has 2 aromatic heterocycles. The maximum absolute atomic E-state index is 12.5. The molecule has 1 aromatic carbocycles. The molecule has 4 nitrogen and oxygen atoms in total. The number of imidazole rings is 1. The summed E-state index contributed by atoms with van der Waals surface area (Å²) in [7, 11) is 0. The fourth-order valence-electron chi connectivity index (χ4n) is 2.16. The monoisotopic (exact) mass is 319 g/mol. The van der Waals surface area contributed by atoms with Crippen molar-refractivity contribution >= 4 is 40.4 Å². The summed E-state index contributed by atoms with van der Waals surface area (Å²) in [6.45, 7) is 1.80. The van der Waals surface area contributed by atoms with Gasteiger partial charge in [-0.3, -0.25) is 9.20 Å². The first kappa shape index (κ1) is 13.9. The molecule has 106 valence electrons. The first-order chi connectivity index (χ1) is 10.1. The molecule has 21 heavy (non-hydrogen) atoms. The van der Waals surface area contributed by atoms with Crippen molar-refractivity contribution in [1.29, 1.82) is 0 Å². The second kappa shape index (κ2) is 5.39. The third kappa shape index (κ3) is 2.60. The van der Waals surface area contributed by atoms with Gasteiger partial charge >= 0.3 is 0 Å². The molecule has 0 saturated carbocycles. The fourth-order valence-corrected chi connectivity index (χ4v) is 2.62. The highest BCUT2D eigenvalue weighted by Crippen LogP contribution is 2.26. The molecule has 1 N–H and O–H groups in total. The molecule has 6 heteroatoms. The van der Waals surface area contributed by atoms with Crippen molar-refractivity contribution in [2.45, 2.75) is 6.92 Å². The number of hydrogen-bond donors (Lipinski definition) is 1. The maximum Gasteiger partial charge on any atom is 0.274 e. The predicted molar refractivity (Wildman–Crippen MR) is 84.3 cm³/mol. The summed E-state index contributed by atoms with van der Waals surface area (Å²) in [4.78, 5) is 16.8. The Hall–Kier alpha value is -2.04. The van der Waals surface area contributed by atoms with Gasteiger partial charge in [-0.2, -0.15) is 0 Å². The number of amides is 1. The lowest BCUT2D eigenvalue weighted by Gasteiger charge is -2.08. The van der Waals surface area contributed by atoms with E-state index >= 15 is 0 Å². The van der Waals surface area contributed by atoms with Crippen molar-refractivity contribution in [3.8, 4) is 0 Å². The molecular weight excluding hydrogens is 309 g/mol. The summed E-state index contributed by atoms with van der Waals surface area (Å²) >= 11 is 11.9. The molecule has 3 rings (SSSR count). The number of nitrogens with one attached hydrogen (secondary N) is 1. The van der Waals surface area contributed by atoms with Gasteiger partial charge in [-0.05, 0) is 37.3 Å². The molecule has 0 bridgehead atoms. The number of carbonyl (C=O) groups excluding carboxylic acids is 1. The molecule has 0 fully saturated rings. The Morgan fingerprint density at radius 3 is 2.81 bits per heavy atom. The van der Waals surface area contributed by atoms with Crippen LogP contribution in [0.3, 0.4) is 0 Å². The summed E-state index contributed by atoms with van der Waals surface area (Å²) in [6, 6.07) is 10.5. The minimum absolute atomic E-state index is 0.268. The Kier molecular flexibility index (Phi) is 3.57. The van der Waals surface area contributed by atoms with Crippen LogP contribution in [0.15, 0.2) is 42.6 Å². The van der Waals surface area contributed by atoms with Crippen LogP contribution in [-0.2, 0) is 0 Å². The van der Waals surface area contributed by atoms with Gasteiger partial charge in [0, 0.05) is 11.2 Å². The largest absolute Gasteiger partial charge is 0.319 e. The molecule has 0 radical (unpaired) electrons. The smallest absolute Gasteiger partial charge is 0.274 e.